The first-order valence-electron chi connectivity index (χ1n) is 4.35. The Morgan fingerprint density at radius 1 is 1.36 bits per heavy atom. The first-order valence-corrected chi connectivity index (χ1v) is 4.35. The number of allylic oxidation sites excluding steroid dienone is 1. The van der Waals surface area contributed by atoms with Crippen molar-refractivity contribution < 1.29 is 5.11 Å². The maximum absolute atomic E-state index is 9.36. The topological polar surface area (TPSA) is 20.2 Å². The molecule has 0 radical (unpaired) electrons. The van der Waals surface area contributed by atoms with E-state index in [1.54, 1.807) is 0 Å². The van der Waals surface area contributed by atoms with Crippen LogP contribution in [0.15, 0.2) is 12.2 Å². The molecule has 1 heteroatoms. The van der Waals surface area contributed by atoms with E-state index in [0.29, 0.717) is 11.3 Å². The Hall–Kier alpha value is -0.300. The third kappa shape index (κ3) is 2.33. The van der Waals surface area contributed by atoms with E-state index in [4.69, 9.17) is 0 Å². The van der Waals surface area contributed by atoms with E-state index in [1.165, 1.54) is 0 Å². The molecule has 1 nitrogen and oxygen atoms in total. The molecule has 1 rings (SSSR count). The molecule has 0 aliphatic heterocycles. The van der Waals surface area contributed by atoms with Crippen LogP contribution in [0.3, 0.4) is 0 Å². The van der Waals surface area contributed by atoms with Gasteiger partial charge < -0.3 is 5.11 Å². The summed E-state index contributed by atoms with van der Waals surface area (Å²) in [6, 6.07) is 0. The molecule has 0 heterocycles. The maximum atomic E-state index is 9.36. The van der Waals surface area contributed by atoms with Crippen molar-refractivity contribution in [1.29, 1.82) is 0 Å². The fourth-order valence-corrected chi connectivity index (χ4v) is 1.57. The van der Waals surface area contributed by atoms with E-state index in [2.05, 4.69) is 26.8 Å². The van der Waals surface area contributed by atoms with E-state index in [0.717, 1.165) is 12.8 Å². The molecule has 0 aromatic carbocycles. The summed E-state index contributed by atoms with van der Waals surface area (Å²) in [5.41, 5.74) is 0.339. The van der Waals surface area contributed by atoms with Crippen LogP contribution in [0.4, 0.5) is 0 Å². The lowest BCUT2D eigenvalue weighted by atomic mass is 9.74. The second-order valence-corrected chi connectivity index (χ2v) is 4.53. The second-order valence-electron chi connectivity index (χ2n) is 4.53. The highest BCUT2D eigenvalue weighted by Crippen LogP contribution is 2.34. The molecule has 1 aliphatic rings. The lowest BCUT2D eigenvalue weighted by Gasteiger charge is -2.33. The second kappa shape index (κ2) is 2.98. The quantitative estimate of drug-likeness (QED) is 0.531. The normalized spacial score (nSPS) is 32.4. The van der Waals surface area contributed by atoms with Crippen molar-refractivity contribution in [3.05, 3.63) is 12.2 Å². The van der Waals surface area contributed by atoms with Crippen LogP contribution in [0, 0.1) is 11.3 Å². The van der Waals surface area contributed by atoms with Gasteiger partial charge in [0.15, 0.2) is 0 Å². The average Bonchev–Trinajstić information content (AvgIpc) is 1.86. The monoisotopic (exact) mass is 154 g/mol. The Morgan fingerprint density at radius 3 is 2.36 bits per heavy atom. The van der Waals surface area contributed by atoms with E-state index in [9.17, 15) is 5.11 Å². The summed E-state index contributed by atoms with van der Waals surface area (Å²) in [6.45, 7) is 6.72. The van der Waals surface area contributed by atoms with Crippen molar-refractivity contribution in [2.75, 3.05) is 0 Å². The van der Waals surface area contributed by atoms with Crippen molar-refractivity contribution in [3.8, 4) is 0 Å². The first-order chi connectivity index (χ1) is 5.00. The number of hydrogen-bond donors (Lipinski definition) is 1. The van der Waals surface area contributed by atoms with Gasteiger partial charge in [-0.15, -0.1) is 0 Å². The van der Waals surface area contributed by atoms with Crippen LogP contribution in [-0.4, -0.2) is 11.2 Å². The fourth-order valence-electron chi connectivity index (χ4n) is 1.57. The van der Waals surface area contributed by atoms with Crippen LogP contribution < -0.4 is 0 Å². The minimum absolute atomic E-state index is 0.201. The molecule has 2 atom stereocenters. The number of rotatable bonds is 0. The minimum Gasteiger partial charge on any atom is -0.389 e. The summed E-state index contributed by atoms with van der Waals surface area (Å²) in [5.74, 6) is 0.641. The minimum atomic E-state index is -0.201. The summed E-state index contributed by atoms with van der Waals surface area (Å²) in [4.78, 5) is 0. The Labute approximate surface area is 69.1 Å². The molecule has 0 saturated heterocycles. The average molecular weight is 154 g/mol. The number of aliphatic hydroxyl groups excluding tert-OH is 1. The lowest BCUT2D eigenvalue weighted by Crippen LogP contribution is -2.26. The van der Waals surface area contributed by atoms with Crippen LogP contribution in [0.25, 0.3) is 0 Å². The van der Waals surface area contributed by atoms with Gasteiger partial charge in [-0.2, -0.15) is 0 Å². The van der Waals surface area contributed by atoms with Gasteiger partial charge in [0.05, 0.1) is 6.10 Å². The van der Waals surface area contributed by atoms with Gasteiger partial charge >= 0.3 is 0 Å². The summed E-state index contributed by atoms with van der Waals surface area (Å²) >= 11 is 0. The van der Waals surface area contributed by atoms with Crippen molar-refractivity contribution in [1.82, 2.24) is 0 Å². The molecule has 64 valence electrons. The molecule has 0 aromatic heterocycles. The molecule has 0 fully saturated rings. The van der Waals surface area contributed by atoms with Crippen LogP contribution in [-0.2, 0) is 0 Å². The van der Waals surface area contributed by atoms with Gasteiger partial charge in [-0.3, -0.25) is 0 Å². The van der Waals surface area contributed by atoms with Gasteiger partial charge in [0.1, 0.15) is 0 Å². The molecule has 11 heavy (non-hydrogen) atoms. The molecule has 0 amide bonds. The van der Waals surface area contributed by atoms with Crippen molar-refractivity contribution in [2.45, 2.75) is 39.7 Å². The molecule has 1 N–H and O–H groups in total. The summed E-state index contributed by atoms with van der Waals surface area (Å²) < 4.78 is 0. The SMILES string of the molecule is CC(C)(C)[C@@H]1CC=C[C@@H](O)C1. The molecule has 0 bridgehead atoms. The van der Waals surface area contributed by atoms with Crippen molar-refractivity contribution >= 4 is 0 Å². The van der Waals surface area contributed by atoms with E-state index in [1.807, 2.05) is 6.08 Å². The summed E-state index contributed by atoms with van der Waals surface area (Å²) in [5, 5.41) is 9.36. The van der Waals surface area contributed by atoms with Gasteiger partial charge in [0, 0.05) is 0 Å². The predicted molar refractivity (Wildman–Crippen MR) is 47.3 cm³/mol. The third-order valence-corrected chi connectivity index (χ3v) is 2.53. The highest BCUT2D eigenvalue weighted by molar-refractivity contribution is 4.98. The van der Waals surface area contributed by atoms with E-state index >= 15 is 0 Å². The lowest BCUT2D eigenvalue weighted by molar-refractivity contribution is 0.124. The van der Waals surface area contributed by atoms with Crippen LogP contribution >= 0.6 is 0 Å². The zero-order chi connectivity index (χ0) is 8.48. The number of aliphatic hydroxyl groups is 1. The highest BCUT2D eigenvalue weighted by atomic mass is 16.3. The molecule has 1 aliphatic carbocycles. The number of hydrogen-bond acceptors (Lipinski definition) is 1. The van der Waals surface area contributed by atoms with E-state index in [-0.39, 0.29) is 6.10 Å². The van der Waals surface area contributed by atoms with Gasteiger partial charge in [0.2, 0.25) is 0 Å². The van der Waals surface area contributed by atoms with E-state index < -0.39 is 0 Å². The first kappa shape index (κ1) is 8.79. The summed E-state index contributed by atoms with van der Waals surface area (Å²) in [7, 11) is 0. The van der Waals surface area contributed by atoms with Gasteiger partial charge in [-0.25, -0.2) is 0 Å². The fraction of sp³-hybridized carbons (Fsp3) is 0.800. The van der Waals surface area contributed by atoms with Crippen LogP contribution in [0.5, 0.6) is 0 Å². The van der Waals surface area contributed by atoms with Crippen molar-refractivity contribution in [2.24, 2.45) is 11.3 Å². The van der Waals surface area contributed by atoms with Crippen molar-refractivity contribution in [3.63, 3.8) is 0 Å². The van der Waals surface area contributed by atoms with Gasteiger partial charge in [-0.1, -0.05) is 32.9 Å². The molecular weight excluding hydrogens is 136 g/mol. The van der Waals surface area contributed by atoms with Gasteiger partial charge in [0.25, 0.3) is 0 Å². The zero-order valence-corrected chi connectivity index (χ0v) is 7.67. The Kier molecular flexibility index (Phi) is 2.38. The Bertz CT molecular complexity index is 153. The molecule has 0 unspecified atom stereocenters. The molecule has 0 aromatic rings. The Morgan fingerprint density at radius 2 is 2.00 bits per heavy atom. The smallest absolute Gasteiger partial charge is 0.0723 e. The standard InChI is InChI=1S/C10H18O/c1-10(2,3)8-5-4-6-9(11)7-8/h4,6,8-9,11H,5,7H2,1-3H3/t8-,9-/m1/s1. The molecule has 0 saturated carbocycles. The summed E-state index contributed by atoms with van der Waals surface area (Å²) in [6.07, 6.45) is 5.86. The highest BCUT2D eigenvalue weighted by Gasteiger charge is 2.27. The molecular formula is C10H18O. The largest absolute Gasteiger partial charge is 0.389 e. The van der Waals surface area contributed by atoms with Crippen LogP contribution in [0.2, 0.25) is 0 Å². The predicted octanol–water partition coefficient (Wildman–Crippen LogP) is 2.36. The Balaban J connectivity index is 2.57. The van der Waals surface area contributed by atoms with Crippen LogP contribution in [0.1, 0.15) is 33.6 Å². The van der Waals surface area contributed by atoms with Gasteiger partial charge in [-0.05, 0) is 24.2 Å². The third-order valence-electron chi connectivity index (χ3n) is 2.53. The zero-order valence-electron chi connectivity index (χ0n) is 7.67. The molecule has 0 spiro atoms. The maximum Gasteiger partial charge on any atom is 0.0723 e.